The molecule has 0 N–H and O–H groups in total. The van der Waals surface area contributed by atoms with Gasteiger partial charge >= 0.3 is 12.1 Å². The second-order valence-electron chi connectivity index (χ2n) is 6.24. The third-order valence-electron chi connectivity index (χ3n) is 4.07. The Hall–Kier alpha value is -2.83. The van der Waals surface area contributed by atoms with Crippen LogP contribution < -0.4 is 0 Å². The molecule has 0 bridgehead atoms. The van der Waals surface area contributed by atoms with Gasteiger partial charge in [0, 0.05) is 19.5 Å². The van der Waals surface area contributed by atoms with Gasteiger partial charge < -0.3 is 9.64 Å². The maximum absolute atomic E-state index is 12.7. The maximum Gasteiger partial charge on any atom is 0.416 e. The molecule has 0 aliphatic carbocycles. The first-order chi connectivity index (χ1) is 13.3. The maximum atomic E-state index is 12.7. The van der Waals surface area contributed by atoms with Gasteiger partial charge in [0.2, 0.25) is 5.91 Å². The Morgan fingerprint density at radius 2 is 1.46 bits per heavy atom. The van der Waals surface area contributed by atoms with Crippen LogP contribution in [0.2, 0.25) is 0 Å². The molecule has 150 valence electrons. The summed E-state index contributed by atoms with van der Waals surface area (Å²) in [5.74, 6) is -0.721. The lowest BCUT2D eigenvalue weighted by Crippen LogP contribution is -2.30. The molecule has 1 amide bonds. The zero-order valence-electron chi connectivity index (χ0n) is 15.5. The minimum atomic E-state index is -4.41. The summed E-state index contributed by atoms with van der Waals surface area (Å²) >= 11 is 0. The van der Waals surface area contributed by atoms with Gasteiger partial charge in [0.25, 0.3) is 0 Å². The van der Waals surface area contributed by atoms with Crippen LogP contribution in [0.4, 0.5) is 13.2 Å². The molecule has 0 spiro atoms. The molecule has 0 unspecified atom stereocenters. The quantitative estimate of drug-likeness (QED) is 0.617. The van der Waals surface area contributed by atoms with E-state index in [1.165, 1.54) is 17.0 Å². The molecular weight excluding hydrogens is 371 g/mol. The van der Waals surface area contributed by atoms with E-state index in [2.05, 4.69) is 0 Å². The number of hydrogen-bond acceptors (Lipinski definition) is 3. The SMILES string of the molecule is CCOC(=O)CCC(=O)N(Cc1ccccc1)Cc1ccc(C(F)(F)F)cc1. The molecule has 2 aromatic carbocycles. The summed E-state index contributed by atoms with van der Waals surface area (Å²) in [5.41, 5.74) is 0.729. The van der Waals surface area contributed by atoms with Crippen molar-refractivity contribution in [2.24, 2.45) is 0 Å². The van der Waals surface area contributed by atoms with Gasteiger partial charge in [0.05, 0.1) is 18.6 Å². The summed E-state index contributed by atoms with van der Waals surface area (Å²) in [5, 5.41) is 0. The van der Waals surface area contributed by atoms with Crippen LogP contribution in [0, 0.1) is 0 Å². The van der Waals surface area contributed by atoms with Crippen molar-refractivity contribution in [3.8, 4) is 0 Å². The largest absolute Gasteiger partial charge is 0.466 e. The van der Waals surface area contributed by atoms with Crippen molar-refractivity contribution in [2.45, 2.75) is 39.0 Å². The minimum Gasteiger partial charge on any atom is -0.466 e. The summed E-state index contributed by atoms with van der Waals surface area (Å²) in [4.78, 5) is 25.7. The molecule has 0 atom stereocenters. The molecular formula is C21H22F3NO3. The Bertz CT molecular complexity index is 774. The number of hydrogen-bond donors (Lipinski definition) is 0. The molecule has 0 saturated carbocycles. The van der Waals surface area contributed by atoms with E-state index in [-0.39, 0.29) is 31.9 Å². The molecule has 0 aliphatic rings. The predicted molar refractivity (Wildman–Crippen MR) is 98.0 cm³/mol. The average molecular weight is 393 g/mol. The molecule has 0 fully saturated rings. The van der Waals surface area contributed by atoms with Crippen LogP contribution >= 0.6 is 0 Å². The zero-order valence-corrected chi connectivity index (χ0v) is 15.5. The van der Waals surface area contributed by atoms with Crippen LogP contribution in [0.25, 0.3) is 0 Å². The van der Waals surface area contributed by atoms with Crippen molar-refractivity contribution in [1.82, 2.24) is 4.90 Å². The van der Waals surface area contributed by atoms with E-state index in [0.717, 1.165) is 17.7 Å². The molecule has 0 aromatic heterocycles. The molecule has 0 radical (unpaired) electrons. The van der Waals surface area contributed by atoms with Crippen molar-refractivity contribution in [1.29, 1.82) is 0 Å². The summed E-state index contributed by atoms with van der Waals surface area (Å²) in [7, 11) is 0. The first kappa shape index (κ1) is 21.5. The zero-order chi connectivity index (χ0) is 20.6. The average Bonchev–Trinajstić information content (AvgIpc) is 2.66. The lowest BCUT2D eigenvalue weighted by molar-refractivity contribution is -0.146. The molecule has 28 heavy (non-hydrogen) atoms. The van der Waals surface area contributed by atoms with Crippen LogP contribution in [-0.4, -0.2) is 23.4 Å². The van der Waals surface area contributed by atoms with Crippen LogP contribution in [0.15, 0.2) is 54.6 Å². The highest BCUT2D eigenvalue weighted by molar-refractivity contribution is 5.81. The summed E-state index contributed by atoms with van der Waals surface area (Å²) < 4.78 is 43.0. The second-order valence-corrected chi connectivity index (χ2v) is 6.24. The van der Waals surface area contributed by atoms with E-state index in [1.54, 1.807) is 6.92 Å². The fourth-order valence-corrected chi connectivity index (χ4v) is 2.66. The molecule has 0 heterocycles. The number of nitrogens with zero attached hydrogens (tertiary/aromatic N) is 1. The fourth-order valence-electron chi connectivity index (χ4n) is 2.66. The van der Waals surface area contributed by atoms with Gasteiger partial charge in [-0.1, -0.05) is 42.5 Å². The van der Waals surface area contributed by atoms with E-state index in [9.17, 15) is 22.8 Å². The standard InChI is InChI=1S/C21H22F3NO3/c1-2-28-20(27)13-12-19(26)25(14-16-6-4-3-5-7-16)15-17-8-10-18(11-9-17)21(22,23)24/h3-11H,2,12-15H2,1H3. The number of ether oxygens (including phenoxy) is 1. The van der Waals surface area contributed by atoms with Crippen LogP contribution in [0.3, 0.4) is 0 Å². The number of halogens is 3. The number of amides is 1. The van der Waals surface area contributed by atoms with E-state index in [4.69, 9.17) is 4.74 Å². The summed E-state index contributed by atoms with van der Waals surface area (Å²) in [6.07, 6.45) is -4.46. The Balaban J connectivity index is 2.11. The highest BCUT2D eigenvalue weighted by Crippen LogP contribution is 2.29. The number of carbonyl (C=O) groups excluding carboxylic acids is 2. The predicted octanol–water partition coefficient (Wildman–Crippen LogP) is 4.58. The van der Waals surface area contributed by atoms with E-state index in [1.807, 2.05) is 30.3 Å². The fraction of sp³-hybridized carbons (Fsp3) is 0.333. The van der Waals surface area contributed by atoms with Gasteiger partial charge in [0.15, 0.2) is 0 Å². The summed E-state index contributed by atoms with van der Waals surface area (Å²) in [6, 6.07) is 14.0. The third kappa shape index (κ3) is 6.72. The van der Waals surface area contributed by atoms with Gasteiger partial charge in [-0.05, 0) is 30.2 Å². The molecule has 7 heteroatoms. The molecule has 2 rings (SSSR count). The van der Waals surface area contributed by atoms with E-state index >= 15 is 0 Å². The molecule has 2 aromatic rings. The first-order valence-electron chi connectivity index (χ1n) is 8.93. The summed E-state index contributed by atoms with van der Waals surface area (Å²) in [6.45, 7) is 2.37. The first-order valence-corrected chi connectivity index (χ1v) is 8.93. The molecule has 0 aliphatic heterocycles. The van der Waals surface area contributed by atoms with Gasteiger partial charge in [-0.25, -0.2) is 0 Å². The number of rotatable bonds is 8. The molecule has 0 saturated heterocycles. The van der Waals surface area contributed by atoms with Gasteiger partial charge in [-0.15, -0.1) is 0 Å². The van der Waals surface area contributed by atoms with Crippen LogP contribution in [0.1, 0.15) is 36.5 Å². The Kier molecular flexibility index (Phi) is 7.61. The van der Waals surface area contributed by atoms with Crippen molar-refractivity contribution < 1.29 is 27.5 Å². The Labute approximate surface area is 161 Å². The van der Waals surface area contributed by atoms with Crippen LogP contribution in [0.5, 0.6) is 0 Å². The third-order valence-corrected chi connectivity index (χ3v) is 4.07. The number of benzene rings is 2. The van der Waals surface area contributed by atoms with Gasteiger partial charge in [-0.2, -0.15) is 13.2 Å². The molecule has 4 nitrogen and oxygen atoms in total. The number of carbonyl (C=O) groups is 2. The van der Waals surface area contributed by atoms with Crippen molar-refractivity contribution in [3.63, 3.8) is 0 Å². The number of esters is 1. The Morgan fingerprint density at radius 1 is 0.893 bits per heavy atom. The van der Waals surface area contributed by atoms with Crippen molar-refractivity contribution >= 4 is 11.9 Å². The highest BCUT2D eigenvalue weighted by Gasteiger charge is 2.30. The van der Waals surface area contributed by atoms with E-state index < -0.39 is 17.7 Å². The van der Waals surface area contributed by atoms with E-state index in [0.29, 0.717) is 12.1 Å². The van der Waals surface area contributed by atoms with Crippen LogP contribution in [-0.2, 0) is 33.6 Å². The Morgan fingerprint density at radius 3 is 2.00 bits per heavy atom. The van der Waals surface area contributed by atoms with Crippen molar-refractivity contribution in [3.05, 3.63) is 71.3 Å². The highest BCUT2D eigenvalue weighted by atomic mass is 19.4. The number of alkyl halides is 3. The van der Waals surface area contributed by atoms with Gasteiger partial charge in [0.1, 0.15) is 0 Å². The van der Waals surface area contributed by atoms with Gasteiger partial charge in [-0.3, -0.25) is 9.59 Å². The minimum absolute atomic E-state index is 0.0215. The smallest absolute Gasteiger partial charge is 0.416 e. The lowest BCUT2D eigenvalue weighted by Gasteiger charge is -2.23. The monoisotopic (exact) mass is 393 g/mol. The second kappa shape index (κ2) is 9.92. The lowest BCUT2D eigenvalue weighted by atomic mass is 10.1. The normalized spacial score (nSPS) is 11.1. The van der Waals surface area contributed by atoms with Crippen molar-refractivity contribution in [2.75, 3.05) is 6.61 Å². The topological polar surface area (TPSA) is 46.6 Å².